The summed E-state index contributed by atoms with van der Waals surface area (Å²) in [6.07, 6.45) is 0.919. The molecule has 2 aliphatic heterocycles. The van der Waals surface area contributed by atoms with Crippen molar-refractivity contribution >= 4 is 30.1 Å². The zero-order valence-electron chi connectivity index (χ0n) is 12.3. The summed E-state index contributed by atoms with van der Waals surface area (Å²) in [5, 5.41) is 3.23. The lowest BCUT2D eigenvalue weighted by Gasteiger charge is -2.33. The Hall–Kier alpha value is -1.34. The molecule has 2 fully saturated rings. The third-order valence-corrected chi connectivity index (χ3v) is 3.80. The molecule has 8 heteroatoms. The molecule has 3 amide bonds. The van der Waals surface area contributed by atoms with Crippen molar-refractivity contribution in [3.8, 4) is 0 Å². The molecule has 0 spiro atoms. The standard InChI is InChI=1S/C13H22N4O3.ClH/c1-2-15-8-9-17(13(20)12(15)19)10-11(18)16-6-3-4-14-5-7-16;/h14H,2-10H2,1H3;1H. The van der Waals surface area contributed by atoms with Gasteiger partial charge in [0.2, 0.25) is 5.91 Å². The Morgan fingerprint density at radius 1 is 1.05 bits per heavy atom. The molecule has 0 bridgehead atoms. The van der Waals surface area contributed by atoms with Crippen LogP contribution in [0.25, 0.3) is 0 Å². The number of nitrogens with zero attached hydrogens (tertiary/aromatic N) is 3. The molecule has 2 saturated heterocycles. The summed E-state index contributed by atoms with van der Waals surface area (Å²) in [4.78, 5) is 40.6. The first-order chi connectivity index (χ1) is 9.63. The van der Waals surface area contributed by atoms with E-state index in [9.17, 15) is 14.4 Å². The fourth-order valence-electron chi connectivity index (χ4n) is 2.53. The SMILES string of the molecule is CCN1CCN(CC(=O)N2CCCNCC2)C(=O)C1=O.Cl. The van der Waals surface area contributed by atoms with Crippen LogP contribution in [0.3, 0.4) is 0 Å². The maximum atomic E-state index is 12.2. The molecular weight excluding hydrogens is 296 g/mol. The van der Waals surface area contributed by atoms with Crippen LogP contribution in [0.5, 0.6) is 0 Å². The van der Waals surface area contributed by atoms with Crippen LogP contribution in [0.4, 0.5) is 0 Å². The average molecular weight is 319 g/mol. The molecule has 0 aromatic carbocycles. The highest BCUT2D eigenvalue weighted by molar-refractivity contribution is 6.35. The molecule has 0 saturated carbocycles. The zero-order valence-corrected chi connectivity index (χ0v) is 13.2. The number of piperazine rings is 1. The van der Waals surface area contributed by atoms with Gasteiger partial charge < -0.3 is 20.0 Å². The second-order valence-electron chi connectivity index (χ2n) is 5.10. The van der Waals surface area contributed by atoms with E-state index in [0.29, 0.717) is 32.7 Å². The highest BCUT2D eigenvalue weighted by Gasteiger charge is 2.33. The lowest BCUT2D eigenvalue weighted by Crippen LogP contribution is -2.56. The number of carbonyl (C=O) groups excluding carboxylic acids is 3. The number of nitrogens with one attached hydrogen (secondary N) is 1. The largest absolute Gasteiger partial charge is 0.340 e. The van der Waals surface area contributed by atoms with Gasteiger partial charge >= 0.3 is 11.8 Å². The molecule has 0 aromatic rings. The third-order valence-electron chi connectivity index (χ3n) is 3.80. The summed E-state index contributed by atoms with van der Waals surface area (Å²) in [7, 11) is 0. The van der Waals surface area contributed by atoms with Gasteiger partial charge in [-0.25, -0.2) is 0 Å². The van der Waals surface area contributed by atoms with Gasteiger partial charge in [0.25, 0.3) is 0 Å². The molecule has 0 radical (unpaired) electrons. The fourth-order valence-corrected chi connectivity index (χ4v) is 2.53. The van der Waals surface area contributed by atoms with Gasteiger partial charge in [-0.3, -0.25) is 14.4 Å². The molecule has 0 unspecified atom stereocenters. The molecule has 1 N–H and O–H groups in total. The van der Waals surface area contributed by atoms with Crippen molar-refractivity contribution in [3.05, 3.63) is 0 Å². The van der Waals surface area contributed by atoms with E-state index in [1.165, 1.54) is 9.80 Å². The number of rotatable bonds is 3. The minimum atomic E-state index is -0.556. The van der Waals surface area contributed by atoms with Gasteiger partial charge in [0.1, 0.15) is 6.54 Å². The van der Waals surface area contributed by atoms with Gasteiger partial charge in [0, 0.05) is 39.3 Å². The number of carbonyl (C=O) groups is 3. The van der Waals surface area contributed by atoms with E-state index in [-0.39, 0.29) is 24.9 Å². The molecule has 2 heterocycles. The molecule has 0 atom stereocenters. The van der Waals surface area contributed by atoms with E-state index in [1.807, 2.05) is 6.92 Å². The highest BCUT2D eigenvalue weighted by Crippen LogP contribution is 2.06. The number of hydrogen-bond donors (Lipinski definition) is 1. The van der Waals surface area contributed by atoms with Gasteiger partial charge in [-0.05, 0) is 19.9 Å². The molecule has 7 nitrogen and oxygen atoms in total. The van der Waals surface area contributed by atoms with E-state index < -0.39 is 11.8 Å². The van der Waals surface area contributed by atoms with Crippen molar-refractivity contribution in [2.24, 2.45) is 0 Å². The minimum absolute atomic E-state index is 0. The first kappa shape index (κ1) is 17.7. The summed E-state index contributed by atoms with van der Waals surface area (Å²) in [5.74, 6) is -1.12. The normalized spacial score (nSPS) is 20.1. The summed E-state index contributed by atoms with van der Waals surface area (Å²) in [5.41, 5.74) is 0. The van der Waals surface area contributed by atoms with Crippen LogP contribution in [-0.4, -0.2) is 84.8 Å². The third kappa shape index (κ3) is 4.31. The van der Waals surface area contributed by atoms with E-state index >= 15 is 0 Å². The van der Waals surface area contributed by atoms with Crippen LogP contribution in [0.2, 0.25) is 0 Å². The Morgan fingerprint density at radius 2 is 1.71 bits per heavy atom. The van der Waals surface area contributed by atoms with E-state index in [2.05, 4.69) is 5.32 Å². The molecule has 0 aliphatic carbocycles. The van der Waals surface area contributed by atoms with Gasteiger partial charge in [0.05, 0.1) is 0 Å². The van der Waals surface area contributed by atoms with Crippen molar-refractivity contribution in [1.82, 2.24) is 20.0 Å². The van der Waals surface area contributed by atoms with Gasteiger partial charge in [0.15, 0.2) is 0 Å². The number of hydrogen-bond acceptors (Lipinski definition) is 4. The lowest BCUT2D eigenvalue weighted by atomic mass is 10.2. The average Bonchev–Trinajstić information content (AvgIpc) is 2.73. The van der Waals surface area contributed by atoms with E-state index in [4.69, 9.17) is 0 Å². The van der Waals surface area contributed by atoms with Crippen molar-refractivity contribution in [1.29, 1.82) is 0 Å². The van der Waals surface area contributed by atoms with Crippen LogP contribution in [0, 0.1) is 0 Å². The highest BCUT2D eigenvalue weighted by atomic mass is 35.5. The molecular formula is C13H23ClN4O3. The van der Waals surface area contributed by atoms with Gasteiger partial charge in [-0.1, -0.05) is 0 Å². The first-order valence-electron chi connectivity index (χ1n) is 7.20. The number of amides is 3. The smallest absolute Gasteiger partial charge is 0.312 e. The van der Waals surface area contributed by atoms with Crippen molar-refractivity contribution in [2.45, 2.75) is 13.3 Å². The molecule has 2 aliphatic rings. The Kier molecular flexibility index (Phi) is 6.91. The quantitative estimate of drug-likeness (QED) is 0.672. The molecule has 21 heavy (non-hydrogen) atoms. The summed E-state index contributed by atoms with van der Waals surface area (Å²) < 4.78 is 0. The number of halogens is 1. The summed E-state index contributed by atoms with van der Waals surface area (Å²) in [6.45, 7) is 6.41. The number of likely N-dealkylation sites (N-methyl/N-ethyl adjacent to an activating group) is 1. The van der Waals surface area contributed by atoms with Crippen LogP contribution >= 0.6 is 12.4 Å². The Balaban J connectivity index is 0.00000220. The Labute approximate surface area is 131 Å². The van der Waals surface area contributed by atoms with Gasteiger partial charge in [-0.2, -0.15) is 0 Å². The molecule has 0 aromatic heterocycles. The maximum absolute atomic E-state index is 12.2. The van der Waals surface area contributed by atoms with E-state index in [1.54, 1.807) is 4.90 Å². The Bertz CT molecular complexity index is 397. The van der Waals surface area contributed by atoms with Crippen LogP contribution in [0.15, 0.2) is 0 Å². The van der Waals surface area contributed by atoms with Crippen LogP contribution in [0.1, 0.15) is 13.3 Å². The van der Waals surface area contributed by atoms with Crippen LogP contribution < -0.4 is 5.32 Å². The lowest BCUT2D eigenvalue weighted by molar-refractivity contribution is -0.157. The molecule has 120 valence electrons. The predicted octanol–water partition coefficient (Wildman–Crippen LogP) is -1.08. The topological polar surface area (TPSA) is 73.0 Å². The van der Waals surface area contributed by atoms with Gasteiger partial charge in [-0.15, -0.1) is 12.4 Å². The minimum Gasteiger partial charge on any atom is -0.340 e. The van der Waals surface area contributed by atoms with Crippen LogP contribution in [-0.2, 0) is 14.4 Å². The van der Waals surface area contributed by atoms with Crippen molar-refractivity contribution in [3.63, 3.8) is 0 Å². The Morgan fingerprint density at radius 3 is 2.43 bits per heavy atom. The predicted molar refractivity (Wildman–Crippen MR) is 80.1 cm³/mol. The summed E-state index contributed by atoms with van der Waals surface area (Å²) in [6, 6.07) is 0. The maximum Gasteiger partial charge on any atom is 0.312 e. The molecule has 2 rings (SSSR count). The van der Waals surface area contributed by atoms with Crippen molar-refractivity contribution in [2.75, 3.05) is 52.4 Å². The second kappa shape index (κ2) is 8.19. The summed E-state index contributed by atoms with van der Waals surface area (Å²) >= 11 is 0. The van der Waals surface area contributed by atoms with E-state index in [0.717, 1.165) is 19.5 Å². The second-order valence-corrected chi connectivity index (χ2v) is 5.10. The van der Waals surface area contributed by atoms with Crippen molar-refractivity contribution < 1.29 is 14.4 Å². The fraction of sp³-hybridized carbons (Fsp3) is 0.769. The first-order valence-corrected chi connectivity index (χ1v) is 7.20. The monoisotopic (exact) mass is 318 g/mol. The zero-order chi connectivity index (χ0) is 14.5.